The predicted octanol–water partition coefficient (Wildman–Crippen LogP) is 4.24. The molecule has 2 bridgehead atoms. The van der Waals surface area contributed by atoms with Gasteiger partial charge in [0.05, 0.1) is 6.61 Å². The first-order chi connectivity index (χ1) is 19.1. The third kappa shape index (κ3) is 6.22. The van der Waals surface area contributed by atoms with Crippen molar-refractivity contribution in [2.75, 3.05) is 25.1 Å². The second kappa shape index (κ2) is 12.6. The van der Waals surface area contributed by atoms with Crippen LogP contribution in [-0.4, -0.2) is 69.8 Å². The minimum Gasteiger partial charge on any atom is -0.368 e. The van der Waals surface area contributed by atoms with E-state index in [0.717, 1.165) is 0 Å². The third-order valence-corrected chi connectivity index (χ3v) is 8.74. The number of rotatable bonds is 12. The maximum absolute atomic E-state index is 13.1. The Labute approximate surface area is 231 Å². The van der Waals surface area contributed by atoms with Crippen LogP contribution >= 0.6 is 8.53 Å². The normalized spacial score (nSPS) is 26.0. The molecule has 2 aliphatic heterocycles. The lowest BCUT2D eigenvalue weighted by molar-refractivity contribution is -0.175. The topological polar surface area (TPSA) is 109 Å². The van der Waals surface area contributed by atoms with Gasteiger partial charge >= 0.3 is 5.69 Å². The Hall–Kier alpha value is -2.71. The summed E-state index contributed by atoms with van der Waals surface area (Å²) in [6, 6.07) is 10.3. The summed E-state index contributed by atoms with van der Waals surface area (Å²) in [6.45, 7) is 17.5. The highest BCUT2D eigenvalue weighted by Gasteiger charge is 2.63. The molecule has 0 saturated carbocycles. The summed E-state index contributed by atoms with van der Waals surface area (Å²) in [4.78, 5) is 33.0. The van der Waals surface area contributed by atoms with Crippen LogP contribution in [0.2, 0.25) is 0 Å². The number of nitrogens with zero attached hydrogens (tertiary/aromatic N) is 4. The minimum atomic E-state index is -1.63. The average molecular weight is 559 g/mol. The van der Waals surface area contributed by atoms with Gasteiger partial charge in [0.2, 0.25) is 6.54 Å². The van der Waals surface area contributed by atoms with Crippen LogP contribution < -0.4 is 11.0 Å². The Morgan fingerprint density at radius 2 is 2.05 bits per heavy atom. The molecule has 0 radical (unpaired) electrons. The summed E-state index contributed by atoms with van der Waals surface area (Å²) in [5.41, 5.74) is -1.34. The Morgan fingerprint density at radius 3 is 2.67 bits per heavy atom. The number of carbonyl (C=O) groups is 1. The smallest absolute Gasteiger partial charge is 0.351 e. The SMILES string of the molecule is [2H]C(C)[C@@]12CO[C@@H]([C@H](n3ccc(NC(=O)c4ccccc4)nc3=O)O1)[C@@H]2OP(OCC[N+]#[C-])N(C(C)C)C(C)C. The van der Waals surface area contributed by atoms with E-state index in [1.807, 2.05) is 27.7 Å². The number of aromatic nitrogens is 2. The average Bonchev–Trinajstić information content (AvgIpc) is 3.42. The first kappa shape index (κ1) is 27.8. The molecule has 2 saturated heterocycles. The largest absolute Gasteiger partial charge is 0.368 e. The van der Waals surface area contributed by atoms with E-state index >= 15 is 0 Å². The summed E-state index contributed by atoms with van der Waals surface area (Å²) in [7, 11) is -1.63. The van der Waals surface area contributed by atoms with E-state index in [-0.39, 0.29) is 43.6 Å². The number of benzene rings is 1. The van der Waals surface area contributed by atoms with Crippen LogP contribution in [0.4, 0.5) is 5.82 Å². The van der Waals surface area contributed by atoms with Gasteiger partial charge in [-0.3, -0.25) is 9.36 Å². The number of ether oxygens (including phenoxy) is 2. The van der Waals surface area contributed by atoms with Crippen LogP contribution in [0, 0.1) is 6.57 Å². The fraction of sp³-hybridized carbons (Fsp3) is 0.556. The van der Waals surface area contributed by atoms with Gasteiger partial charge < -0.3 is 28.7 Å². The van der Waals surface area contributed by atoms with Crippen molar-refractivity contribution in [3.05, 3.63) is 70.1 Å². The van der Waals surface area contributed by atoms with Gasteiger partial charge in [0.25, 0.3) is 14.4 Å². The molecular weight excluding hydrogens is 521 g/mol. The highest BCUT2D eigenvalue weighted by Crippen LogP contribution is 2.55. The number of fused-ring (bicyclic) bond motifs is 2. The molecule has 1 aromatic carbocycles. The van der Waals surface area contributed by atoms with Gasteiger partial charge in [-0.15, -0.1) is 0 Å². The molecule has 12 heteroatoms. The first-order valence-corrected chi connectivity index (χ1v) is 14.1. The summed E-state index contributed by atoms with van der Waals surface area (Å²) in [6.07, 6.45) is -1.54. The number of anilines is 1. The standard InChI is InChI=1S/C27H36N5O6P/c1-7-27-17-35-22(23(27)38-39(36-16-14-28-6)32(18(2)3)19(4)5)25(37-27)31-15-13-21(30-26(31)34)29-24(33)20-11-9-8-10-12-20/h8-13,15,18-19,22-23,25H,7,14,16-17H2,1-5H3,(H,29,30,33,34)/t22-,23+,25-,27+,39?/m1/s1/i7D/t7?,22-,23+,25-,27+,39?. The zero-order valence-electron chi connectivity index (χ0n) is 23.8. The van der Waals surface area contributed by atoms with Crippen LogP contribution in [0.15, 0.2) is 47.4 Å². The first-order valence-electron chi connectivity index (χ1n) is 13.5. The molecule has 11 nitrogen and oxygen atoms in total. The highest BCUT2D eigenvalue weighted by molar-refractivity contribution is 7.44. The summed E-state index contributed by atoms with van der Waals surface area (Å²) in [5, 5.41) is 2.64. The van der Waals surface area contributed by atoms with Gasteiger partial charge in [0.15, 0.2) is 6.23 Å². The fourth-order valence-electron chi connectivity index (χ4n) is 4.82. The molecule has 39 heavy (non-hydrogen) atoms. The number of hydrogen-bond acceptors (Lipinski definition) is 8. The van der Waals surface area contributed by atoms with Crippen molar-refractivity contribution < 1.29 is 24.7 Å². The summed E-state index contributed by atoms with van der Waals surface area (Å²) in [5.74, 6) is -0.275. The highest BCUT2D eigenvalue weighted by atomic mass is 31.2. The monoisotopic (exact) mass is 558 g/mol. The summed E-state index contributed by atoms with van der Waals surface area (Å²) >= 11 is 0. The van der Waals surface area contributed by atoms with Crippen molar-refractivity contribution in [1.29, 1.82) is 0 Å². The lowest BCUT2D eigenvalue weighted by Crippen LogP contribution is -2.42. The Balaban J connectivity index is 1.59. The van der Waals surface area contributed by atoms with Crippen molar-refractivity contribution in [3.8, 4) is 0 Å². The molecule has 0 aliphatic carbocycles. The number of nitrogens with one attached hydrogen (secondary N) is 1. The molecule has 0 spiro atoms. The van der Waals surface area contributed by atoms with Crippen LogP contribution in [0.3, 0.4) is 0 Å². The van der Waals surface area contributed by atoms with E-state index in [0.29, 0.717) is 5.56 Å². The van der Waals surface area contributed by atoms with Crippen LogP contribution in [0.1, 0.15) is 59.0 Å². The molecule has 2 aliphatic rings. The molecule has 1 amide bonds. The van der Waals surface area contributed by atoms with E-state index in [4.69, 9.17) is 26.5 Å². The van der Waals surface area contributed by atoms with Gasteiger partial charge in [-0.2, -0.15) is 4.98 Å². The lowest BCUT2D eigenvalue weighted by Gasteiger charge is -2.38. The lowest BCUT2D eigenvalue weighted by atomic mass is 9.96. The van der Waals surface area contributed by atoms with E-state index in [9.17, 15) is 9.59 Å². The zero-order valence-corrected chi connectivity index (χ0v) is 23.7. The maximum Gasteiger partial charge on any atom is 0.351 e. The third-order valence-electron chi connectivity index (χ3n) is 6.63. The quantitative estimate of drug-likeness (QED) is 0.234. The number of hydrogen-bond donors (Lipinski definition) is 1. The molecule has 4 rings (SSSR count). The van der Waals surface area contributed by atoms with Gasteiger partial charge in [0, 0.05) is 25.2 Å². The molecule has 3 heterocycles. The van der Waals surface area contributed by atoms with Crippen molar-refractivity contribution in [2.45, 2.75) is 77.1 Å². The van der Waals surface area contributed by atoms with Crippen molar-refractivity contribution >= 4 is 20.3 Å². The van der Waals surface area contributed by atoms with Gasteiger partial charge in [-0.05, 0) is 52.3 Å². The number of amides is 1. The van der Waals surface area contributed by atoms with Crippen LogP contribution in [-0.2, 0) is 18.5 Å². The van der Waals surface area contributed by atoms with Gasteiger partial charge in [-0.25, -0.2) is 16.0 Å². The molecule has 210 valence electrons. The van der Waals surface area contributed by atoms with E-state index in [1.165, 1.54) is 16.8 Å². The van der Waals surface area contributed by atoms with Crippen molar-refractivity contribution in [2.24, 2.45) is 0 Å². The summed E-state index contributed by atoms with van der Waals surface area (Å²) < 4.78 is 37.2. The molecule has 2 fully saturated rings. The number of carbonyl (C=O) groups excluding carboxylic acids is 1. The van der Waals surface area contributed by atoms with E-state index < -0.39 is 44.6 Å². The minimum absolute atomic E-state index is 0.0885. The van der Waals surface area contributed by atoms with E-state index in [1.54, 1.807) is 37.3 Å². The van der Waals surface area contributed by atoms with Gasteiger partial charge in [0.1, 0.15) is 30.2 Å². The van der Waals surface area contributed by atoms with Gasteiger partial charge in [-0.1, -0.05) is 25.1 Å². The van der Waals surface area contributed by atoms with Crippen LogP contribution in [0.5, 0.6) is 0 Å². The predicted molar refractivity (Wildman–Crippen MR) is 147 cm³/mol. The maximum atomic E-state index is 13.1. The molecule has 6 atom stereocenters. The zero-order chi connectivity index (χ0) is 29.0. The second-order valence-electron chi connectivity index (χ2n) is 9.90. The van der Waals surface area contributed by atoms with Crippen molar-refractivity contribution in [3.63, 3.8) is 0 Å². The van der Waals surface area contributed by atoms with E-state index in [2.05, 4.69) is 19.8 Å². The molecular formula is C27H36N5O6P. The Kier molecular flexibility index (Phi) is 9.03. The Morgan fingerprint density at radius 1 is 1.33 bits per heavy atom. The Bertz CT molecular complexity index is 1260. The second-order valence-corrected chi connectivity index (χ2v) is 11.3. The molecule has 1 N–H and O–H groups in total. The van der Waals surface area contributed by atoms with Crippen molar-refractivity contribution in [1.82, 2.24) is 14.2 Å². The molecule has 2 aromatic rings. The molecule has 2 unspecified atom stereocenters. The van der Waals surface area contributed by atoms with Crippen LogP contribution in [0.25, 0.3) is 4.85 Å². The molecule has 1 aromatic heterocycles. The fourth-order valence-corrected chi connectivity index (χ4v) is 6.61.